The molecule has 2 aromatic rings. The number of likely N-dealkylation sites (tertiary alicyclic amines) is 1. The number of carbonyl (C=O) groups is 1. The molecule has 2 aromatic heterocycles. The highest BCUT2D eigenvalue weighted by Gasteiger charge is 2.27. The molecule has 1 aliphatic rings. The van der Waals surface area contributed by atoms with E-state index in [2.05, 4.69) is 10.1 Å². The molecule has 21 heavy (non-hydrogen) atoms. The zero-order chi connectivity index (χ0) is 15.0. The van der Waals surface area contributed by atoms with Crippen molar-refractivity contribution in [2.24, 2.45) is 0 Å². The van der Waals surface area contributed by atoms with Crippen LogP contribution in [0.4, 0.5) is 0 Å². The number of piperidine rings is 1. The van der Waals surface area contributed by atoms with E-state index in [9.17, 15) is 4.79 Å². The van der Waals surface area contributed by atoms with Gasteiger partial charge in [-0.05, 0) is 45.7 Å². The Labute approximate surface area is 128 Å². The van der Waals surface area contributed by atoms with Gasteiger partial charge < -0.3 is 4.90 Å². The molecule has 3 rings (SSSR count). The maximum absolute atomic E-state index is 12.6. The van der Waals surface area contributed by atoms with Crippen molar-refractivity contribution in [3.05, 3.63) is 33.5 Å². The second-order valence-electron chi connectivity index (χ2n) is 5.61. The van der Waals surface area contributed by atoms with Gasteiger partial charge >= 0.3 is 0 Å². The van der Waals surface area contributed by atoms with Crippen molar-refractivity contribution in [2.45, 2.75) is 39.7 Å². The van der Waals surface area contributed by atoms with Crippen molar-refractivity contribution in [3.63, 3.8) is 0 Å². The average molecular weight is 304 g/mol. The quantitative estimate of drug-likeness (QED) is 0.857. The molecule has 5 nitrogen and oxygen atoms in total. The van der Waals surface area contributed by atoms with Gasteiger partial charge in [0.1, 0.15) is 11.6 Å². The van der Waals surface area contributed by atoms with Crippen LogP contribution in [-0.4, -0.2) is 38.7 Å². The number of carbonyl (C=O) groups excluding carboxylic acids is 1. The van der Waals surface area contributed by atoms with E-state index in [4.69, 9.17) is 0 Å². The Kier molecular flexibility index (Phi) is 3.80. The Bertz CT molecular complexity index is 660. The molecule has 0 aromatic carbocycles. The normalized spacial score (nSPS) is 19.0. The van der Waals surface area contributed by atoms with Crippen LogP contribution in [0.3, 0.4) is 0 Å². The van der Waals surface area contributed by atoms with Gasteiger partial charge in [-0.2, -0.15) is 5.10 Å². The number of hydrogen-bond acceptors (Lipinski definition) is 4. The maximum Gasteiger partial charge on any atom is 0.263 e. The smallest absolute Gasteiger partial charge is 0.263 e. The van der Waals surface area contributed by atoms with Gasteiger partial charge in [-0.1, -0.05) is 0 Å². The number of rotatable bonds is 2. The molecule has 112 valence electrons. The first-order valence-corrected chi connectivity index (χ1v) is 8.11. The van der Waals surface area contributed by atoms with E-state index in [1.165, 1.54) is 4.88 Å². The predicted octanol–water partition coefficient (Wildman–Crippen LogP) is 2.74. The molecule has 6 heteroatoms. The SMILES string of the molecule is Cc1nc(C)n([C@@H]2CCCN(C(=O)c3ccc(C)s3)C2)n1. The summed E-state index contributed by atoms with van der Waals surface area (Å²) in [5.41, 5.74) is 0. The van der Waals surface area contributed by atoms with Gasteiger partial charge in [0.05, 0.1) is 10.9 Å². The first-order chi connectivity index (χ1) is 10.0. The van der Waals surface area contributed by atoms with E-state index in [1.807, 2.05) is 42.5 Å². The molecule has 0 saturated carbocycles. The summed E-state index contributed by atoms with van der Waals surface area (Å²) in [6.07, 6.45) is 2.07. The summed E-state index contributed by atoms with van der Waals surface area (Å²) in [6, 6.07) is 4.17. The molecule has 1 aliphatic heterocycles. The van der Waals surface area contributed by atoms with Crippen LogP contribution in [0.2, 0.25) is 0 Å². The molecule has 0 aliphatic carbocycles. The third-order valence-corrected chi connectivity index (χ3v) is 4.88. The lowest BCUT2D eigenvalue weighted by Crippen LogP contribution is -2.40. The number of aryl methyl sites for hydroxylation is 3. The van der Waals surface area contributed by atoms with E-state index in [1.54, 1.807) is 11.3 Å². The van der Waals surface area contributed by atoms with Crippen LogP contribution in [0.1, 0.15) is 45.1 Å². The Hall–Kier alpha value is -1.69. The molecule has 0 unspecified atom stereocenters. The van der Waals surface area contributed by atoms with Crippen molar-refractivity contribution in [1.29, 1.82) is 0 Å². The molecular formula is C15H20N4OS. The van der Waals surface area contributed by atoms with Crippen LogP contribution in [0.25, 0.3) is 0 Å². The number of amides is 1. The number of nitrogens with zero attached hydrogens (tertiary/aromatic N) is 4. The molecule has 1 atom stereocenters. The second kappa shape index (κ2) is 5.60. The minimum atomic E-state index is 0.146. The first kappa shape index (κ1) is 14.3. The number of hydrogen-bond donors (Lipinski definition) is 0. The topological polar surface area (TPSA) is 51.0 Å². The maximum atomic E-state index is 12.6. The fraction of sp³-hybridized carbons (Fsp3) is 0.533. The number of aromatic nitrogens is 3. The monoisotopic (exact) mass is 304 g/mol. The standard InChI is InChI=1S/C15H20N4OS/c1-10-6-7-14(21-10)15(20)18-8-4-5-13(9-18)19-12(3)16-11(2)17-19/h6-7,13H,4-5,8-9H2,1-3H3/t13-/m1/s1. The van der Waals surface area contributed by atoms with Crippen molar-refractivity contribution >= 4 is 17.2 Å². The van der Waals surface area contributed by atoms with Crippen LogP contribution in [-0.2, 0) is 0 Å². The van der Waals surface area contributed by atoms with Crippen molar-refractivity contribution in [3.8, 4) is 0 Å². The molecule has 0 spiro atoms. The Morgan fingerprint density at radius 3 is 2.76 bits per heavy atom. The summed E-state index contributed by atoms with van der Waals surface area (Å²) in [5.74, 6) is 1.87. The van der Waals surface area contributed by atoms with Crippen molar-refractivity contribution in [1.82, 2.24) is 19.7 Å². The Balaban J connectivity index is 1.77. The summed E-state index contributed by atoms with van der Waals surface area (Å²) in [5, 5.41) is 4.47. The Morgan fingerprint density at radius 2 is 2.14 bits per heavy atom. The Morgan fingerprint density at radius 1 is 1.33 bits per heavy atom. The third kappa shape index (κ3) is 2.85. The third-order valence-electron chi connectivity index (χ3n) is 3.89. The lowest BCUT2D eigenvalue weighted by molar-refractivity contribution is 0.0676. The lowest BCUT2D eigenvalue weighted by Gasteiger charge is -2.32. The molecule has 1 fully saturated rings. The minimum absolute atomic E-state index is 0.146. The van der Waals surface area contributed by atoms with Gasteiger partial charge in [0.25, 0.3) is 5.91 Å². The van der Waals surface area contributed by atoms with Gasteiger partial charge in [0.15, 0.2) is 0 Å². The molecule has 1 saturated heterocycles. The van der Waals surface area contributed by atoms with Gasteiger partial charge in [-0.25, -0.2) is 9.67 Å². The van der Waals surface area contributed by atoms with Crippen molar-refractivity contribution in [2.75, 3.05) is 13.1 Å². The highest BCUT2D eigenvalue weighted by Crippen LogP contribution is 2.25. The van der Waals surface area contributed by atoms with Gasteiger partial charge in [0.2, 0.25) is 0 Å². The van der Waals surface area contributed by atoms with Crippen molar-refractivity contribution < 1.29 is 4.79 Å². The summed E-state index contributed by atoms with van der Waals surface area (Å²) in [7, 11) is 0. The fourth-order valence-corrected chi connectivity index (χ4v) is 3.76. The van der Waals surface area contributed by atoms with Crippen LogP contribution in [0, 0.1) is 20.8 Å². The molecule has 0 bridgehead atoms. The molecule has 0 N–H and O–H groups in total. The highest BCUT2D eigenvalue weighted by atomic mass is 32.1. The van der Waals surface area contributed by atoms with Crippen LogP contribution in [0.15, 0.2) is 12.1 Å². The first-order valence-electron chi connectivity index (χ1n) is 7.30. The average Bonchev–Trinajstić information content (AvgIpc) is 3.04. The highest BCUT2D eigenvalue weighted by molar-refractivity contribution is 7.13. The van der Waals surface area contributed by atoms with Gasteiger partial charge in [-0.15, -0.1) is 11.3 Å². The zero-order valence-corrected chi connectivity index (χ0v) is 13.5. The van der Waals surface area contributed by atoms with E-state index in [0.29, 0.717) is 0 Å². The van der Waals surface area contributed by atoms with Crippen LogP contribution >= 0.6 is 11.3 Å². The van der Waals surface area contributed by atoms with E-state index >= 15 is 0 Å². The van der Waals surface area contributed by atoms with E-state index < -0.39 is 0 Å². The molecule has 1 amide bonds. The fourth-order valence-electron chi connectivity index (χ4n) is 2.93. The summed E-state index contributed by atoms with van der Waals surface area (Å²) in [6.45, 7) is 7.47. The lowest BCUT2D eigenvalue weighted by atomic mass is 10.1. The van der Waals surface area contributed by atoms with E-state index in [-0.39, 0.29) is 11.9 Å². The van der Waals surface area contributed by atoms with Gasteiger partial charge in [-0.3, -0.25) is 4.79 Å². The minimum Gasteiger partial charge on any atom is -0.336 e. The van der Waals surface area contributed by atoms with Gasteiger partial charge in [0, 0.05) is 18.0 Å². The van der Waals surface area contributed by atoms with Crippen LogP contribution in [0.5, 0.6) is 0 Å². The summed E-state index contributed by atoms with van der Waals surface area (Å²) < 4.78 is 1.98. The molecule has 3 heterocycles. The molecular weight excluding hydrogens is 284 g/mol. The van der Waals surface area contributed by atoms with E-state index in [0.717, 1.165) is 42.5 Å². The summed E-state index contributed by atoms with van der Waals surface area (Å²) in [4.78, 5) is 20.9. The zero-order valence-electron chi connectivity index (χ0n) is 12.7. The molecule has 0 radical (unpaired) electrons. The van der Waals surface area contributed by atoms with Crippen LogP contribution < -0.4 is 0 Å². The predicted molar refractivity (Wildman–Crippen MR) is 82.7 cm³/mol. The largest absolute Gasteiger partial charge is 0.336 e. The summed E-state index contributed by atoms with van der Waals surface area (Å²) >= 11 is 1.57. The second-order valence-corrected chi connectivity index (χ2v) is 6.90. The number of thiophene rings is 1.